The van der Waals surface area contributed by atoms with E-state index < -0.39 is 17.1 Å². The Morgan fingerprint density at radius 2 is 1.68 bits per heavy atom. The molecule has 2 N–H and O–H groups in total. The standard InChI is InChI=1S/C21H14ClN3O3/c22-14-8-10-15(11-9-14)23-12-17-19(26)24-21(28)25(20(17)27)18-7-3-5-13-4-1-2-6-16(13)18/h1-12,27H,(H,24,26,28). The molecular formula is C21H14ClN3O3. The largest absolute Gasteiger partial charge is 0.493 e. The highest BCUT2D eigenvalue weighted by molar-refractivity contribution is 6.30. The van der Waals surface area contributed by atoms with E-state index in [0.29, 0.717) is 16.4 Å². The van der Waals surface area contributed by atoms with E-state index in [4.69, 9.17) is 11.6 Å². The molecule has 1 heterocycles. The number of nitrogens with zero attached hydrogens (tertiary/aromatic N) is 2. The van der Waals surface area contributed by atoms with Crippen LogP contribution in [0, 0.1) is 0 Å². The molecule has 28 heavy (non-hydrogen) atoms. The Morgan fingerprint density at radius 3 is 2.46 bits per heavy atom. The van der Waals surface area contributed by atoms with Crippen LogP contribution in [0.5, 0.6) is 5.88 Å². The van der Waals surface area contributed by atoms with Crippen molar-refractivity contribution in [2.75, 3.05) is 0 Å². The Bertz CT molecular complexity index is 1320. The third kappa shape index (κ3) is 3.21. The molecule has 0 saturated carbocycles. The van der Waals surface area contributed by atoms with Crippen LogP contribution in [0.1, 0.15) is 5.56 Å². The molecule has 0 unspecified atom stereocenters. The van der Waals surface area contributed by atoms with Crippen molar-refractivity contribution < 1.29 is 5.11 Å². The highest BCUT2D eigenvalue weighted by atomic mass is 35.5. The van der Waals surface area contributed by atoms with E-state index in [0.717, 1.165) is 15.3 Å². The predicted octanol–water partition coefficient (Wildman–Crippen LogP) is 3.79. The van der Waals surface area contributed by atoms with Gasteiger partial charge in [-0.15, -0.1) is 0 Å². The smallest absolute Gasteiger partial charge is 0.335 e. The number of halogens is 1. The Kier molecular flexibility index (Phi) is 4.55. The maximum Gasteiger partial charge on any atom is 0.335 e. The summed E-state index contributed by atoms with van der Waals surface area (Å²) < 4.78 is 1.06. The lowest BCUT2D eigenvalue weighted by molar-refractivity contribution is 0.430. The van der Waals surface area contributed by atoms with Crippen LogP contribution in [0.3, 0.4) is 0 Å². The fourth-order valence-corrected chi connectivity index (χ4v) is 3.07. The SMILES string of the molecule is O=c1[nH]c(=O)n(-c2cccc3ccccc23)c(O)c1C=Nc1ccc(Cl)cc1. The Morgan fingerprint density at radius 1 is 0.964 bits per heavy atom. The third-order valence-electron chi connectivity index (χ3n) is 4.30. The lowest BCUT2D eigenvalue weighted by atomic mass is 10.1. The van der Waals surface area contributed by atoms with Crippen LogP contribution in [0.4, 0.5) is 5.69 Å². The first kappa shape index (κ1) is 17.8. The fraction of sp³-hybridized carbons (Fsp3) is 0. The molecule has 0 saturated heterocycles. The summed E-state index contributed by atoms with van der Waals surface area (Å²) >= 11 is 5.85. The van der Waals surface area contributed by atoms with Crippen LogP contribution in [0.25, 0.3) is 16.5 Å². The first-order valence-electron chi connectivity index (χ1n) is 8.40. The van der Waals surface area contributed by atoms with Gasteiger partial charge < -0.3 is 5.11 Å². The molecule has 138 valence electrons. The van der Waals surface area contributed by atoms with Crippen molar-refractivity contribution in [3.8, 4) is 11.6 Å². The first-order valence-corrected chi connectivity index (χ1v) is 8.78. The van der Waals surface area contributed by atoms with Crippen molar-refractivity contribution in [1.82, 2.24) is 9.55 Å². The van der Waals surface area contributed by atoms with E-state index >= 15 is 0 Å². The van der Waals surface area contributed by atoms with Crippen molar-refractivity contribution >= 4 is 34.3 Å². The van der Waals surface area contributed by atoms with Gasteiger partial charge in [-0.05, 0) is 35.7 Å². The average molecular weight is 392 g/mol. The molecule has 0 aliphatic carbocycles. The van der Waals surface area contributed by atoms with Gasteiger partial charge >= 0.3 is 5.69 Å². The molecule has 6 nitrogen and oxygen atoms in total. The van der Waals surface area contributed by atoms with Gasteiger partial charge in [0.25, 0.3) is 5.56 Å². The van der Waals surface area contributed by atoms with Gasteiger partial charge in [0.05, 0.1) is 11.4 Å². The summed E-state index contributed by atoms with van der Waals surface area (Å²) in [6.07, 6.45) is 1.22. The van der Waals surface area contributed by atoms with Crippen molar-refractivity contribution in [3.63, 3.8) is 0 Å². The monoisotopic (exact) mass is 391 g/mol. The van der Waals surface area contributed by atoms with Crippen molar-refractivity contribution in [3.05, 3.63) is 98.2 Å². The van der Waals surface area contributed by atoms with Crippen molar-refractivity contribution in [1.29, 1.82) is 0 Å². The lowest BCUT2D eigenvalue weighted by Crippen LogP contribution is -2.31. The highest BCUT2D eigenvalue weighted by Gasteiger charge is 2.15. The topological polar surface area (TPSA) is 87.5 Å². The van der Waals surface area contributed by atoms with Gasteiger partial charge in [-0.3, -0.25) is 14.8 Å². The zero-order chi connectivity index (χ0) is 19.7. The Balaban J connectivity index is 1.90. The second kappa shape index (κ2) is 7.17. The maximum atomic E-state index is 12.5. The summed E-state index contributed by atoms with van der Waals surface area (Å²) in [7, 11) is 0. The number of aromatic amines is 1. The molecule has 7 heteroatoms. The van der Waals surface area contributed by atoms with Crippen LogP contribution < -0.4 is 11.2 Å². The highest BCUT2D eigenvalue weighted by Crippen LogP contribution is 2.24. The number of aliphatic imine (C=N–C) groups is 1. The quantitative estimate of drug-likeness (QED) is 0.521. The van der Waals surface area contributed by atoms with E-state index in [1.54, 1.807) is 36.4 Å². The molecule has 0 amide bonds. The number of hydrogen-bond acceptors (Lipinski definition) is 4. The summed E-state index contributed by atoms with van der Waals surface area (Å²) in [5.41, 5.74) is -0.578. The van der Waals surface area contributed by atoms with Gasteiger partial charge in [-0.1, -0.05) is 48.0 Å². The lowest BCUT2D eigenvalue weighted by Gasteiger charge is -2.12. The van der Waals surface area contributed by atoms with Gasteiger partial charge in [-0.25, -0.2) is 9.36 Å². The molecule has 0 bridgehead atoms. The molecule has 0 atom stereocenters. The van der Waals surface area contributed by atoms with Crippen molar-refractivity contribution in [2.24, 2.45) is 4.99 Å². The minimum atomic E-state index is -0.734. The predicted molar refractivity (Wildman–Crippen MR) is 111 cm³/mol. The van der Waals surface area contributed by atoms with Crippen LogP contribution in [0.2, 0.25) is 5.02 Å². The van der Waals surface area contributed by atoms with Crippen molar-refractivity contribution in [2.45, 2.75) is 0 Å². The van der Waals surface area contributed by atoms with Crippen LogP contribution in [-0.2, 0) is 0 Å². The van der Waals surface area contributed by atoms with E-state index in [1.807, 2.05) is 30.3 Å². The summed E-state index contributed by atoms with van der Waals surface area (Å²) in [6, 6.07) is 19.5. The normalized spacial score (nSPS) is 11.3. The molecule has 3 aromatic carbocycles. The minimum absolute atomic E-state index is 0.123. The third-order valence-corrected chi connectivity index (χ3v) is 4.55. The second-order valence-electron chi connectivity index (χ2n) is 6.06. The molecule has 0 aliphatic heterocycles. The number of hydrogen-bond donors (Lipinski definition) is 2. The van der Waals surface area contributed by atoms with Crippen LogP contribution >= 0.6 is 11.6 Å². The van der Waals surface area contributed by atoms with Gasteiger partial charge in [-0.2, -0.15) is 0 Å². The van der Waals surface area contributed by atoms with E-state index in [1.165, 1.54) is 6.21 Å². The second-order valence-corrected chi connectivity index (χ2v) is 6.50. The van der Waals surface area contributed by atoms with Crippen LogP contribution in [0.15, 0.2) is 81.3 Å². The van der Waals surface area contributed by atoms with Crippen LogP contribution in [-0.4, -0.2) is 20.9 Å². The number of fused-ring (bicyclic) bond motifs is 1. The van der Waals surface area contributed by atoms with Gasteiger partial charge in [0.2, 0.25) is 5.88 Å². The number of H-pyrrole nitrogens is 1. The Hall–Kier alpha value is -3.64. The zero-order valence-electron chi connectivity index (χ0n) is 14.5. The minimum Gasteiger partial charge on any atom is -0.493 e. The molecule has 0 aliphatic rings. The molecule has 0 radical (unpaired) electrons. The van der Waals surface area contributed by atoms with Gasteiger partial charge in [0, 0.05) is 16.6 Å². The fourth-order valence-electron chi connectivity index (χ4n) is 2.95. The average Bonchev–Trinajstić information content (AvgIpc) is 2.69. The summed E-state index contributed by atoms with van der Waals surface area (Å²) in [5, 5.41) is 12.9. The molecule has 4 aromatic rings. The summed E-state index contributed by atoms with van der Waals surface area (Å²) in [5.74, 6) is -0.484. The zero-order valence-corrected chi connectivity index (χ0v) is 15.2. The number of aromatic hydroxyl groups is 1. The number of aromatic nitrogens is 2. The maximum absolute atomic E-state index is 12.5. The molecule has 0 fully saturated rings. The van der Waals surface area contributed by atoms with E-state index in [-0.39, 0.29) is 5.56 Å². The number of benzene rings is 3. The molecule has 4 rings (SSSR count). The molecule has 0 spiro atoms. The Labute approximate surface area is 164 Å². The van der Waals surface area contributed by atoms with Gasteiger partial charge in [0.15, 0.2) is 0 Å². The summed E-state index contributed by atoms with van der Waals surface area (Å²) in [6.45, 7) is 0. The van der Waals surface area contributed by atoms with Gasteiger partial charge in [0.1, 0.15) is 5.56 Å². The number of rotatable bonds is 3. The number of nitrogens with one attached hydrogen (secondary N) is 1. The first-order chi connectivity index (χ1) is 13.5. The molecule has 1 aromatic heterocycles. The summed E-state index contributed by atoms with van der Waals surface area (Å²) in [4.78, 5) is 31.1. The molecular weight excluding hydrogens is 378 g/mol. The van der Waals surface area contributed by atoms with E-state index in [2.05, 4.69) is 9.98 Å². The van der Waals surface area contributed by atoms with E-state index in [9.17, 15) is 14.7 Å².